The Morgan fingerprint density at radius 2 is 2.00 bits per heavy atom. The van der Waals surface area contributed by atoms with Gasteiger partial charge in [-0.15, -0.1) is 11.3 Å². The third-order valence-electron chi connectivity index (χ3n) is 4.46. The van der Waals surface area contributed by atoms with Gasteiger partial charge in [0.1, 0.15) is 0 Å². The van der Waals surface area contributed by atoms with Gasteiger partial charge in [-0.05, 0) is 36.4 Å². The molecule has 1 saturated heterocycles. The smallest absolute Gasteiger partial charge is 0.243 e. The highest BCUT2D eigenvalue weighted by atomic mass is 32.2. The number of amides is 1. The van der Waals surface area contributed by atoms with Crippen molar-refractivity contribution in [3.8, 4) is 0 Å². The molecule has 2 aromatic rings. The van der Waals surface area contributed by atoms with E-state index in [2.05, 4.69) is 0 Å². The second kappa shape index (κ2) is 7.68. The van der Waals surface area contributed by atoms with E-state index in [-0.39, 0.29) is 23.3 Å². The summed E-state index contributed by atoms with van der Waals surface area (Å²) in [5.74, 6) is -0.265. The maximum atomic E-state index is 12.8. The van der Waals surface area contributed by atoms with Crippen LogP contribution < -0.4 is 0 Å². The van der Waals surface area contributed by atoms with Crippen LogP contribution in [-0.4, -0.2) is 43.7 Å². The highest BCUT2D eigenvalue weighted by Gasteiger charge is 2.34. The van der Waals surface area contributed by atoms with Crippen molar-refractivity contribution >= 4 is 27.3 Å². The summed E-state index contributed by atoms with van der Waals surface area (Å²) in [6.45, 7) is 1.29. The van der Waals surface area contributed by atoms with Gasteiger partial charge in [-0.2, -0.15) is 4.31 Å². The molecule has 0 spiro atoms. The lowest BCUT2D eigenvalue weighted by atomic mass is 9.98. The molecule has 1 amide bonds. The van der Waals surface area contributed by atoms with Crippen LogP contribution in [0.25, 0.3) is 0 Å². The standard InChI is InChI=1S/C18H22N2O3S2/c1-19(14-16-8-6-12-24-16)18(21)15-7-5-11-20(13-15)25(22,23)17-9-3-2-4-10-17/h2-4,6,8-10,12,15H,5,7,11,13-14H2,1H3. The minimum absolute atomic E-state index is 0.0151. The number of thiophene rings is 1. The molecule has 5 nitrogen and oxygen atoms in total. The van der Waals surface area contributed by atoms with Crippen molar-refractivity contribution in [2.75, 3.05) is 20.1 Å². The van der Waals surface area contributed by atoms with Gasteiger partial charge in [0, 0.05) is 25.0 Å². The van der Waals surface area contributed by atoms with E-state index in [0.29, 0.717) is 19.5 Å². The molecule has 0 bridgehead atoms. The molecule has 25 heavy (non-hydrogen) atoms. The number of piperidine rings is 1. The van der Waals surface area contributed by atoms with Crippen LogP contribution in [-0.2, 0) is 21.4 Å². The zero-order chi connectivity index (χ0) is 17.9. The molecule has 1 fully saturated rings. The number of hydrogen-bond donors (Lipinski definition) is 0. The van der Waals surface area contributed by atoms with E-state index >= 15 is 0 Å². The third-order valence-corrected chi connectivity index (χ3v) is 7.20. The molecule has 1 aromatic heterocycles. The van der Waals surface area contributed by atoms with Gasteiger partial charge < -0.3 is 4.90 Å². The van der Waals surface area contributed by atoms with E-state index in [1.807, 2.05) is 17.5 Å². The van der Waals surface area contributed by atoms with Gasteiger partial charge in [0.2, 0.25) is 15.9 Å². The Balaban J connectivity index is 1.69. The zero-order valence-electron chi connectivity index (χ0n) is 14.2. The Labute approximate surface area is 152 Å². The largest absolute Gasteiger partial charge is 0.340 e. The fourth-order valence-corrected chi connectivity index (χ4v) is 5.43. The first kappa shape index (κ1) is 18.1. The second-order valence-corrected chi connectivity index (χ2v) is 9.26. The number of nitrogens with zero attached hydrogens (tertiary/aromatic N) is 2. The van der Waals surface area contributed by atoms with Crippen LogP contribution in [0.1, 0.15) is 17.7 Å². The Morgan fingerprint density at radius 3 is 2.68 bits per heavy atom. The van der Waals surface area contributed by atoms with Crippen molar-refractivity contribution in [1.82, 2.24) is 9.21 Å². The van der Waals surface area contributed by atoms with Gasteiger partial charge in [0.15, 0.2) is 0 Å². The Hall–Kier alpha value is -1.70. The van der Waals surface area contributed by atoms with E-state index in [4.69, 9.17) is 0 Å². The fraction of sp³-hybridized carbons (Fsp3) is 0.389. The first-order chi connectivity index (χ1) is 12.0. The highest BCUT2D eigenvalue weighted by molar-refractivity contribution is 7.89. The normalized spacial score (nSPS) is 18.8. The monoisotopic (exact) mass is 378 g/mol. The van der Waals surface area contributed by atoms with Crippen molar-refractivity contribution in [3.05, 3.63) is 52.7 Å². The number of rotatable bonds is 5. The van der Waals surface area contributed by atoms with E-state index < -0.39 is 10.0 Å². The highest BCUT2D eigenvalue weighted by Crippen LogP contribution is 2.25. The quantitative estimate of drug-likeness (QED) is 0.804. The topological polar surface area (TPSA) is 57.7 Å². The van der Waals surface area contributed by atoms with Gasteiger partial charge in [-0.3, -0.25) is 4.79 Å². The molecule has 1 aliphatic heterocycles. The SMILES string of the molecule is CN(Cc1cccs1)C(=O)C1CCCN(S(=O)(=O)c2ccccc2)C1. The molecule has 0 N–H and O–H groups in total. The molecule has 1 aliphatic rings. The first-order valence-corrected chi connectivity index (χ1v) is 10.6. The molecular formula is C18H22N2O3S2. The maximum absolute atomic E-state index is 12.8. The minimum atomic E-state index is -3.54. The molecule has 7 heteroatoms. The van der Waals surface area contributed by atoms with Gasteiger partial charge >= 0.3 is 0 Å². The Bertz CT molecular complexity index is 804. The van der Waals surface area contributed by atoms with Crippen molar-refractivity contribution in [1.29, 1.82) is 0 Å². The summed E-state index contributed by atoms with van der Waals surface area (Å²) in [6.07, 6.45) is 1.43. The first-order valence-electron chi connectivity index (χ1n) is 8.31. The summed E-state index contributed by atoms with van der Waals surface area (Å²) < 4.78 is 27.0. The molecule has 0 aliphatic carbocycles. The molecule has 0 radical (unpaired) electrons. The van der Waals surface area contributed by atoms with Crippen LogP contribution in [0.2, 0.25) is 0 Å². The van der Waals surface area contributed by atoms with E-state index in [9.17, 15) is 13.2 Å². The number of sulfonamides is 1. The summed E-state index contributed by atoms with van der Waals surface area (Å²) in [4.78, 5) is 15.9. The summed E-state index contributed by atoms with van der Waals surface area (Å²) >= 11 is 1.62. The molecule has 3 rings (SSSR count). The summed E-state index contributed by atoms with van der Waals surface area (Å²) in [5.41, 5.74) is 0. The lowest BCUT2D eigenvalue weighted by molar-refractivity contribution is -0.135. The van der Waals surface area contributed by atoms with Gasteiger partial charge in [-0.1, -0.05) is 24.3 Å². The maximum Gasteiger partial charge on any atom is 0.243 e. The van der Waals surface area contributed by atoms with Crippen molar-refractivity contribution < 1.29 is 13.2 Å². The van der Waals surface area contributed by atoms with Gasteiger partial charge in [0.25, 0.3) is 0 Å². The lowest BCUT2D eigenvalue weighted by Crippen LogP contribution is -2.45. The second-order valence-electron chi connectivity index (χ2n) is 6.29. The number of carbonyl (C=O) groups is 1. The lowest BCUT2D eigenvalue weighted by Gasteiger charge is -2.33. The summed E-state index contributed by atoms with van der Waals surface area (Å²) in [5, 5.41) is 1.99. The molecule has 0 saturated carbocycles. The van der Waals surface area contributed by atoms with Crippen LogP contribution >= 0.6 is 11.3 Å². The molecular weight excluding hydrogens is 356 g/mol. The number of hydrogen-bond acceptors (Lipinski definition) is 4. The molecule has 1 unspecified atom stereocenters. The molecule has 1 aromatic carbocycles. The number of benzene rings is 1. The van der Waals surface area contributed by atoms with Crippen LogP contribution in [0.5, 0.6) is 0 Å². The summed E-state index contributed by atoms with van der Waals surface area (Å²) in [7, 11) is -1.76. The third kappa shape index (κ3) is 4.11. The Morgan fingerprint density at radius 1 is 1.24 bits per heavy atom. The van der Waals surface area contributed by atoms with Crippen molar-refractivity contribution in [2.45, 2.75) is 24.3 Å². The fourth-order valence-electron chi connectivity index (χ4n) is 3.13. The van der Waals surface area contributed by atoms with Crippen LogP contribution in [0.4, 0.5) is 0 Å². The molecule has 2 heterocycles. The molecule has 1 atom stereocenters. The van der Waals surface area contributed by atoms with Crippen molar-refractivity contribution in [2.24, 2.45) is 5.92 Å². The van der Waals surface area contributed by atoms with Gasteiger partial charge in [0.05, 0.1) is 17.4 Å². The predicted molar refractivity (Wildman–Crippen MR) is 98.7 cm³/mol. The molecule has 134 valence electrons. The number of carbonyl (C=O) groups excluding carboxylic acids is 1. The van der Waals surface area contributed by atoms with Crippen LogP contribution in [0.15, 0.2) is 52.7 Å². The van der Waals surface area contributed by atoms with E-state index in [0.717, 1.165) is 11.3 Å². The Kier molecular flexibility index (Phi) is 5.56. The van der Waals surface area contributed by atoms with Gasteiger partial charge in [-0.25, -0.2) is 8.42 Å². The zero-order valence-corrected chi connectivity index (χ0v) is 15.8. The minimum Gasteiger partial charge on any atom is -0.340 e. The van der Waals surface area contributed by atoms with Crippen molar-refractivity contribution in [3.63, 3.8) is 0 Å². The average Bonchev–Trinajstić information content (AvgIpc) is 3.15. The predicted octanol–water partition coefficient (Wildman–Crippen LogP) is 2.81. The van der Waals surface area contributed by atoms with E-state index in [1.165, 1.54) is 4.31 Å². The van der Waals surface area contributed by atoms with Crippen LogP contribution in [0, 0.1) is 5.92 Å². The van der Waals surface area contributed by atoms with Crippen LogP contribution in [0.3, 0.4) is 0 Å². The van der Waals surface area contributed by atoms with E-state index in [1.54, 1.807) is 53.6 Å². The summed E-state index contributed by atoms with van der Waals surface area (Å²) in [6, 6.07) is 12.4. The average molecular weight is 379 g/mol.